The Kier molecular flexibility index (Phi) is 4.23. The van der Waals surface area contributed by atoms with Crippen LogP contribution < -0.4 is 0 Å². The van der Waals surface area contributed by atoms with Gasteiger partial charge in [-0.2, -0.15) is 0 Å². The van der Waals surface area contributed by atoms with Gasteiger partial charge in [-0.3, -0.25) is 4.79 Å². The van der Waals surface area contributed by atoms with Gasteiger partial charge < -0.3 is 5.11 Å². The predicted octanol–water partition coefficient (Wildman–Crippen LogP) is 4.35. The molecule has 2 nitrogen and oxygen atoms in total. The number of hydrogen-bond acceptors (Lipinski definition) is 2. The van der Waals surface area contributed by atoms with Crippen LogP contribution in [-0.2, 0) is 10.2 Å². The molecule has 1 fully saturated rings. The van der Waals surface area contributed by atoms with Crippen LogP contribution in [0.3, 0.4) is 0 Å². The Hall–Kier alpha value is -0.670. The van der Waals surface area contributed by atoms with E-state index in [2.05, 4.69) is 0 Å². The number of hydrogen-bond donors (Lipinski definition) is 1. The standard InChI is InChI=1S/C14H17ClO2S/c1-18-11-7-5-6-10(15)12(11)14(13(16)17)8-3-2-4-9-14/h5-7H,2-4,8-9H2,1H3,(H,16,17). The van der Waals surface area contributed by atoms with Crippen LogP contribution in [0.15, 0.2) is 23.1 Å². The molecule has 0 amide bonds. The van der Waals surface area contributed by atoms with E-state index in [1.165, 1.54) is 0 Å². The highest BCUT2D eigenvalue weighted by molar-refractivity contribution is 7.98. The zero-order valence-corrected chi connectivity index (χ0v) is 12.0. The van der Waals surface area contributed by atoms with Crippen molar-refractivity contribution in [1.29, 1.82) is 0 Å². The van der Waals surface area contributed by atoms with Gasteiger partial charge in [0.05, 0.1) is 5.41 Å². The number of carboxylic acid groups (broad SMARTS) is 1. The minimum atomic E-state index is -0.783. The average Bonchev–Trinajstić information content (AvgIpc) is 2.39. The average molecular weight is 285 g/mol. The van der Waals surface area contributed by atoms with Gasteiger partial charge in [0.15, 0.2) is 0 Å². The zero-order chi connectivity index (χ0) is 13.2. The van der Waals surface area contributed by atoms with Crippen molar-refractivity contribution in [2.75, 3.05) is 6.26 Å². The minimum Gasteiger partial charge on any atom is -0.481 e. The molecular formula is C14H17ClO2S. The Bertz CT molecular complexity index is 453. The van der Waals surface area contributed by atoms with Gasteiger partial charge in [0.25, 0.3) is 0 Å². The van der Waals surface area contributed by atoms with Gasteiger partial charge in [0.1, 0.15) is 0 Å². The molecule has 4 heteroatoms. The third kappa shape index (κ3) is 2.26. The second-order valence-electron chi connectivity index (χ2n) is 4.77. The summed E-state index contributed by atoms with van der Waals surface area (Å²) in [6, 6.07) is 5.65. The van der Waals surface area contributed by atoms with Gasteiger partial charge in [-0.15, -0.1) is 11.8 Å². The van der Waals surface area contributed by atoms with Crippen LogP contribution in [0, 0.1) is 0 Å². The van der Waals surface area contributed by atoms with Crippen LogP contribution in [0.1, 0.15) is 37.7 Å². The number of carboxylic acids is 1. The lowest BCUT2D eigenvalue weighted by Crippen LogP contribution is -2.38. The summed E-state index contributed by atoms with van der Waals surface area (Å²) >= 11 is 7.87. The lowest BCUT2D eigenvalue weighted by Gasteiger charge is -2.35. The van der Waals surface area contributed by atoms with Crippen LogP contribution in [0.25, 0.3) is 0 Å². The van der Waals surface area contributed by atoms with E-state index in [-0.39, 0.29) is 0 Å². The summed E-state index contributed by atoms with van der Waals surface area (Å²) in [6.07, 6.45) is 6.40. The van der Waals surface area contributed by atoms with Gasteiger partial charge in [-0.05, 0) is 31.2 Å². The highest BCUT2D eigenvalue weighted by atomic mass is 35.5. The first kappa shape index (κ1) is 13.8. The van der Waals surface area contributed by atoms with Crippen molar-refractivity contribution in [1.82, 2.24) is 0 Å². The molecule has 0 unspecified atom stereocenters. The third-order valence-electron chi connectivity index (χ3n) is 3.79. The molecule has 1 aliphatic rings. The number of benzene rings is 1. The van der Waals surface area contributed by atoms with Gasteiger partial charge in [0.2, 0.25) is 0 Å². The molecule has 1 aliphatic carbocycles. The molecule has 0 heterocycles. The summed E-state index contributed by atoms with van der Waals surface area (Å²) in [5, 5.41) is 10.3. The van der Waals surface area contributed by atoms with E-state index in [0.717, 1.165) is 29.7 Å². The number of aliphatic carboxylic acids is 1. The third-order valence-corrected chi connectivity index (χ3v) is 4.89. The number of halogens is 1. The Morgan fingerprint density at radius 1 is 1.33 bits per heavy atom. The van der Waals surface area contributed by atoms with E-state index >= 15 is 0 Å². The Morgan fingerprint density at radius 3 is 2.56 bits per heavy atom. The van der Waals surface area contributed by atoms with Gasteiger partial charge in [0, 0.05) is 15.5 Å². The first-order valence-corrected chi connectivity index (χ1v) is 7.78. The molecule has 98 valence electrons. The molecule has 1 saturated carbocycles. The summed E-state index contributed by atoms with van der Waals surface area (Å²) in [5.74, 6) is -0.731. The van der Waals surface area contributed by atoms with E-state index < -0.39 is 11.4 Å². The smallest absolute Gasteiger partial charge is 0.314 e. The first-order chi connectivity index (χ1) is 8.62. The molecule has 0 atom stereocenters. The monoisotopic (exact) mass is 284 g/mol. The normalized spacial score (nSPS) is 18.6. The molecule has 1 N–H and O–H groups in total. The topological polar surface area (TPSA) is 37.3 Å². The van der Waals surface area contributed by atoms with Crippen LogP contribution in [0.2, 0.25) is 5.02 Å². The predicted molar refractivity (Wildman–Crippen MR) is 75.6 cm³/mol. The van der Waals surface area contributed by atoms with E-state index in [4.69, 9.17) is 11.6 Å². The molecular weight excluding hydrogens is 268 g/mol. The maximum absolute atomic E-state index is 11.8. The van der Waals surface area contributed by atoms with Crippen LogP contribution in [-0.4, -0.2) is 17.3 Å². The quantitative estimate of drug-likeness (QED) is 0.839. The van der Waals surface area contributed by atoms with Crippen LogP contribution >= 0.6 is 23.4 Å². The molecule has 1 aromatic carbocycles. The van der Waals surface area contributed by atoms with E-state index in [1.54, 1.807) is 17.8 Å². The van der Waals surface area contributed by atoms with Crippen molar-refractivity contribution < 1.29 is 9.90 Å². The lowest BCUT2D eigenvalue weighted by atomic mass is 9.69. The fourth-order valence-electron chi connectivity index (χ4n) is 2.86. The number of carbonyl (C=O) groups is 1. The van der Waals surface area contributed by atoms with Gasteiger partial charge in [-0.1, -0.05) is 36.9 Å². The Labute approximate surface area is 117 Å². The second-order valence-corrected chi connectivity index (χ2v) is 6.02. The molecule has 0 radical (unpaired) electrons. The maximum Gasteiger partial charge on any atom is 0.314 e. The number of rotatable bonds is 3. The molecule has 2 rings (SSSR count). The summed E-state index contributed by atoms with van der Waals surface area (Å²) in [6.45, 7) is 0. The van der Waals surface area contributed by atoms with Crippen molar-refractivity contribution >= 4 is 29.3 Å². The van der Waals surface area contributed by atoms with Gasteiger partial charge in [-0.25, -0.2) is 0 Å². The summed E-state index contributed by atoms with van der Waals surface area (Å²) in [7, 11) is 0. The van der Waals surface area contributed by atoms with Gasteiger partial charge >= 0.3 is 5.97 Å². The summed E-state index contributed by atoms with van der Waals surface area (Å²) in [4.78, 5) is 12.8. The van der Waals surface area contributed by atoms with E-state index in [0.29, 0.717) is 17.9 Å². The zero-order valence-electron chi connectivity index (χ0n) is 10.4. The van der Waals surface area contributed by atoms with Crippen LogP contribution in [0.5, 0.6) is 0 Å². The molecule has 18 heavy (non-hydrogen) atoms. The second kappa shape index (κ2) is 5.54. The van der Waals surface area contributed by atoms with Crippen molar-refractivity contribution in [3.05, 3.63) is 28.8 Å². The molecule has 0 aromatic heterocycles. The summed E-state index contributed by atoms with van der Waals surface area (Å²) in [5.41, 5.74) is 0.0425. The lowest BCUT2D eigenvalue weighted by molar-refractivity contribution is -0.145. The van der Waals surface area contributed by atoms with Crippen LogP contribution in [0.4, 0.5) is 0 Å². The van der Waals surface area contributed by atoms with Crippen molar-refractivity contribution in [2.45, 2.75) is 42.4 Å². The highest BCUT2D eigenvalue weighted by Gasteiger charge is 2.43. The number of thioether (sulfide) groups is 1. The first-order valence-electron chi connectivity index (χ1n) is 6.18. The SMILES string of the molecule is CSc1cccc(Cl)c1C1(C(=O)O)CCCCC1. The summed E-state index contributed by atoms with van der Waals surface area (Å²) < 4.78 is 0. The fraction of sp³-hybridized carbons (Fsp3) is 0.500. The molecule has 0 aliphatic heterocycles. The maximum atomic E-state index is 11.8. The molecule has 1 aromatic rings. The minimum absolute atomic E-state index is 0.589. The van der Waals surface area contributed by atoms with Crippen molar-refractivity contribution in [2.24, 2.45) is 0 Å². The molecule has 0 bridgehead atoms. The van der Waals surface area contributed by atoms with Crippen molar-refractivity contribution in [3.63, 3.8) is 0 Å². The van der Waals surface area contributed by atoms with E-state index in [1.807, 2.05) is 18.4 Å². The highest BCUT2D eigenvalue weighted by Crippen LogP contribution is 2.46. The van der Waals surface area contributed by atoms with E-state index in [9.17, 15) is 9.90 Å². The Balaban J connectivity index is 2.58. The largest absolute Gasteiger partial charge is 0.481 e. The molecule has 0 saturated heterocycles. The Morgan fingerprint density at radius 2 is 2.00 bits per heavy atom. The van der Waals surface area contributed by atoms with Crippen molar-refractivity contribution in [3.8, 4) is 0 Å². The fourth-order valence-corrected chi connectivity index (χ4v) is 4.00. The molecule has 0 spiro atoms.